The summed E-state index contributed by atoms with van der Waals surface area (Å²) in [5.74, 6) is -1.97. The van der Waals surface area contributed by atoms with Crippen LogP contribution in [0.15, 0.2) is 36.5 Å². The van der Waals surface area contributed by atoms with Crippen LogP contribution in [0.2, 0.25) is 0 Å². The second-order valence-corrected chi connectivity index (χ2v) is 5.18. The number of nitrogens with zero attached hydrogens (tertiary/aromatic N) is 1. The molecule has 2 aromatic rings. The van der Waals surface area contributed by atoms with Gasteiger partial charge in [-0.2, -0.15) is 0 Å². The van der Waals surface area contributed by atoms with Gasteiger partial charge in [0.05, 0.1) is 6.54 Å². The van der Waals surface area contributed by atoms with Crippen molar-refractivity contribution in [3.8, 4) is 0 Å². The average molecular weight is 294 g/mol. The van der Waals surface area contributed by atoms with E-state index in [-0.39, 0.29) is 31.0 Å². The lowest BCUT2D eigenvalue weighted by Crippen LogP contribution is -2.32. The van der Waals surface area contributed by atoms with Gasteiger partial charge in [-0.15, -0.1) is 0 Å². The molecule has 1 aromatic carbocycles. The highest BCUT2D eigenvalue weighted by Crippen LogP contribution is 2.37. The fraction of sp³-hybridized carbons (Fsp3) is 0.267. The monoisotopic (exact) mass is 294 g/mol. The van der Waals surface area contributed by atoms with Crippen molar-refractivity contribution in [1.29, 1.82) is 0 Å². The molecule has 1 aliphatic heterocycles. The number of aromatic amines is 1. The van der Waals surface area contributed by atoms with E-state index in [0.29, 0.717) is 11.8 Å². The van der Waals surface area contributed by atoms with Crippen molar-refractivity contribution in [1.82, 2.24) is 9.88 Å². The minimum Gasteiger partial charge on any atom is -0.357 e. The van der Waals surface area contributed by atoms with Gasteiger partial charge in [-0.3, -0.25) is 4.79 Å². The molecule has 110 valence electrons. The van der Waals surface area contributed by atoms with Gasteiger partial charge in [-0.05, 0) is 29.8 Å². The number of H-pyrrole nitrogens is 1. The van der Waals surface area contributed by atoms with Crippen LogP contribution in [0.5, 0.6) is 0 Å². The maximum Gasteiger partial charge on any atom is 0.270 e. The molecule has 0 aliphatic carbocycles. The molecule has 2 heterocycles. The molecule has 0 bridgehead atoms. The van der Waals surface area contributed by atoms with E-state index in [0.717, 1.165) is 12.1 Å². The molecule has 1 fully saturated rings. The molecular formula is C15H13F3N2O. The van der Waals surface area contributed by atoms with Gasteiger partial charge in [-0.25, -0.2) is 13.2 Å². The summed E-state index contributed by atoms with van der Waals surface area (Å²) in [4.78, 5) is 16.2. The largest absolute Gasteiger partial charge is 0.357 e. The quantitative estimate of drug-likeness (QED) is 0.908. The van der Waals surface area contributed by atoms with Gasteiger partial charge in [0.1, 0.15) is 17.3 Å². The van der Waals surface area contributed by atoms with Crippen LogP contribution in [0.3, 0.4) is 0 Å². The van der Waals surface area contributed by atoms with Crippen LogP contribution in [0.4, 0.5) is 13.2 Å². The van der Waals surface area contributed by atoms with Crippen LogP contribution in [0, 0.1) is 11.6 Å². The molecule has 6 heteroatoms. The standard InChI is InChI=1S/C15H13F3N2O/c16-11-6-10(7-12(17)8-11)15(18)3-5-20(9-15)14(21)13-2-1-4-19-13/h1-2,4,6-8,19H,3,5,9H2/t15-/m0/s1. The fourth-order valence-corrected chi connectivity index (χ4v) is 2.63. The Hall–Kier alpha value is -2.24. The van der Waals surface area contributed by atoms with E-state index >= 15 is 0 Å². The van der Waals surface area contributed by atoms with Gasteiger partial charge >= 0.3 is 0 Å². The lowest BCUT2D eigenvalue weighted by molar-refractivity contribution is 0.0745. The summed E-state index contributed by atoms with van der Waals surface area (Å²) in [5.41, 5.74) is -1.63. The summed E-state index contributed by atoms with van der Waals surface area (Å²) in [6, 6.07) is 5.93. The van der Waals surface area contributed by atoms with E-state index in [9.17, 15) is 18.0 Å². The molecular weight excluding hydrogens is 281 g/mol. The number of likely N-dealkylation sites (tertiary alicyclic amines) is 1. The second-order valence-electron chi connectivity index (χ2n) is 5.18. The number of carbonyl (C=O) groups is 1. The van der Waals surface area contributed by atoms with E-state index in [1.807, 2.05) is 0 Å². The van der Waals surface area contributed by atoms with Crippen LogP contribution >= 0.6 is 0 Å². The molecule has 3 nitrogen and oxygen atoms in total. The predicted molar refractivity (Wildman–Crippen MR) is 70.5 cm³/mol. The SMILES string of the molecule is O=C(c1ccc[nH]1)N1CC[C@@](F)(c2cc(F)cc(F)c2)C1. The number of rotatable bonds is 2. The number of amides is 1. The van der Waals surface area contributed by atoms with E-state index < -0.39 is 17.3 Å². The van der Waals surface area contributed by atoms with Gasteiger partial charge in [0.2, 0.25) is 0 Å². The molecule has 0 unspecified atom stereocenters. The number of alkyl halides is 1. The summed E-state index contributed by atoms with van der Waals surface area (Å²) < 4.78 is 41.4. The molecule has 0 radical (unpaired) electrons. The van der Waals surface area contributed by atoms with E-state index in [2.05, 4.69) is 4.98 Å². The first-order chi connectivity index (χ1) is 9.98. The van der Waals surface area contributed by atoms with Gasteiger partial charge in [-0.1, -0.05) is 0 Å². The summed E-state index contributed by atoms with van der Waals surface area (Å²) >= 11 is 0. The second kappa shape index (κ2) is 4.95. The number of aromatic nitrogens is 1. The van der Waals surface area contributed by atoms with Crippen LogP contribution in [0.25, 0.3) is 0 Å². The summed E-state index contributed by atoms with van der Waals surface area (Å²) in [5, 5.41) is 0. The maximum atomic E-state index is 14.9. The van der Waals surface area contributed by atoms with Crippen LogP contribution in [-0.2, 0) is 5.67 Å². The Bertz CT molecular complexity index is 651. The summed E-state index contributed by atoms with van der Waals surface area (Å²) in [6.45, 7) is -0.0137. The van der Waals surface area contributed by atoms with Crippen molar-refractivity contribution in [2.45, 2.75) is 12.1 Å². The van der Waals surface area contributed by atoms with Crippen molar-refractivity contribution in [3.05, 3.63) is 59.4 Å². The first-order valence-corrected chi connectivity index (χ1v) is 6.56. The molecule has 1 N–H and O–H groups in total. The highest BCUT2D eigenvalue weighted by Gasteiger charge is 2.42. The minimum atomic E-state index is -1.93. The zero-order valence-corrected chi connectivity index (χ0v) is 11.1. The Morgan fingerprint density at radius 3 is 2.57 bits per heavy atom. The molecule has 0 saturated carbocycles. The highest BCUT2D eigenvalue weighted by atomic mass is 19.1. The number of nitrogens with one attached hydrogen (secondary N) is 1. The van der Waals surface area contributed by atoms with Gasteiger partial charge in [0.25, 0.3) is 5.91 Å². The number of benzene rings is 1. The molecule has 1 amide bonds. The van der Waals surface area contributed by atoms with Gasteiger partial charge < -0.3 is 9.88 Å². The molecule has 1 saturated heterocycles. The predicted octanol–water partition coefficient (Wildman–Crippen LogP) is 3.00. The average Bonchev–Trinajstić information content (AvgIpc) is 3.07. The topological polar surface area (TPSA) is 36.1 Å². The van der Waals surface area contributed by atoms with Crippen molar-refractivity contribution < 1.29 is 18.0 Å². The number of hydrogen-bond acceptors (Lipinski definition) is 1. The van der Waals surface area contributed by atoms with Crippen LogP contribution < -0.4 is 0 Å². The van der Waals surface area contributed by atoms with Crippen molar-refractivity contribution >= 4 is 5.91 Å². The van der Waals surface area contributed by atoms with Crippen molar-refractivity contribution in [2.24, 2.45) is 0 Å². The van der Waals surface area contributed by atoms with Crippen molar-refractivity contribution in [2.75, 3.05) is 13.1 Å². The zero-order valence-electron chi connectivity index (χ0n) is 11.1. The van der Waals surface area contributed by atoms with E-state index in [4.69, 9.17) is 0 Å². The molecule has 0 spiro atoms. The zero-order chi connectivity index (χ0) is 15.0. The Labute approximate surface area is 119 Å². The maximum absolute atomic E-state index is 14.9. The van der Waals surface area contributed by atoms with Crippen molar-refractivity contribution in [3.63, 3.8) is 0 Å². The third-order valence-corrected chi connectivity index (χ3v) is 3.71. The fourth-order valence-electron chi connectivity index (χ4n) is 2.63. The normalized spacial score (nSPS) is 21.8. The van der Waals surface area contributed by atoms with E-state index in [1.54, 1.807) is 18.3 Å². The molecule has 1 aliphatic rings. The smallest absolute Gasteiger partial charge is 0.270 e. The lowest BCUT2D eigenvalue weighted by atomic mass is 9.95. The number of hydrogen-bond donors (Lipinski definition) is 1. The number of carbonyl (C=O) groups excluding carboxylic acids is 1. The van der Waals surface area contributed by atoms with Gasteiger partial charge in [0.15, 0.2) is 5.67 Å². The molecule has 3 rings (SSSR count). The lowest BCUT2D eigenvalue weighted by Gasteiger charge is -2.21. The van der Waals surface area contributed by atoms with Crippen LogP contribution in [0.1, 0.15) is 22.5 Å². The Kier molecular flexibility index (Phi) is 3.23. The summed E-state index contributed by atoms with van der Waals surface area (Å²) in [6.07, 6.45) is 1.62. The molecule has 1 aromatic heterocycles. The Morgan fingerprint density at radius 1 is 1.24 bits per heavy atom. The minimum absolute atomic E-state index is 0.0162. The van der Waals surface area contributed by atoms with Crippen LogP contribution in [-0.4, -0.2) is 28.9 Å². The first kappa shape index (κ1) is 13.7. The third-order valence-electron chi connectivity index (χ3n) is 3.71. The molecule has 21 heavy (non-hydrogen) atoms. The molecule has 1 atom stereocenters. The number of halogens is 3. The third kappa shape index (κ3) is 2.53. The highest BCUT2D eigenvalue weighted by molar-refractivity contribution is 5.92. The Balaban J connectivity index is 1.83. The van der Waals surface area contributed by atoms with Gasteiger partial charge in [0, 0.05) is 25.2 Å². The first-order valence-electron chi connectivity index (χ1n) is 6.56. The van der Waals surface area contributed by atoms with E-state index in [1.165, 1.54) is 4.90 Å². The summed E-state index contributed by atoms with van der Waals surface area (Å²) in [7, 11) is 0. The Morgan fingerprint density at radius 2 is 1.95 bits per heavy atom.